The van der Waals surface area contributed by atoms with Crippen molar-refractivity contribution in [3.8, 4) is 0 Å². The molecule has 2 rings (SSSR count). The van der Waals surface area contributed by atoms with Gasteiger partial charge in [-0.3, -0.25) is 4.68 Å². The molecule has 1 aliphatic carbocycles. The lowest BCUT2D eigenvalue weighted by molar-refractivity contribution is 0.00581. The molecule has 1 N–H and O–H groups in total. The number of halogens is 1. The minimum atomic E-state index is 0.109. The van der Waals surface area contributed by atoms with Gasteiger partial charge in [0.15, 0.2) is 0 Å². The van der Waals surface area contributed by atoms with Gasteiger partial charge in [-0.1, -0.05) is 37.8 Å². The highest BCUT2D eigenvalue weighted by atomic mass is 35.5. The van der Waals surface area contributed by atoms with Crippen LogP contribution in [-0.4, -0.2) is 29.5 Å². The lowest BCUT2D eigenvalue weighted by atomic mass is 9.81. The zero-order chi connectivity index (χ0) is 15.2. The van der Waals surface area contributed by atoms with E-state index in [1.165, 1.54) is 32.1 Å². The second kappa shape index (κ2) is 8.16. The van der Waals surface area contributed by atoms with Crippen molar-refractivity contribution < 1.29 is 4.74 Å². The topological polar surface area (TPSA) is 39.1 Å². The molecule has 0 aromatic carbocycles. The first-order valence-corrected chi connectivity index (χ1v) is 8.58. The average Bonchev–Trinajstić information content (AvgIpc) is 2.89. The molecule has 120 valence electrons. The van der Waals surface area contributed by atoms with Crippen LogP contribution in [-0.2, 0) is 11.3 Å². The number of aryl methyl sites for hydroxylation is 1. The summed E-state index contributed by atoms with van der Waals surface area (Å²) in [5.74, 6) is 0.601. The van der Waals surface area contributed by atoms with Crippen LogP contribution in [0.4, 0.5) is 0 Å². The molecule has 2 unspecified atom stereocenters. The van der Waals surface area contributed by atoms with E-state index in [0.717, 1.165) is 23.8 Å². The lowest BCUT2D eigenvalue weighted by Gasteiger charge is -2.35. The monoisotopic (exact) mass is 313 g/mol. The largest absolute Gasteiger partial charge is 0.379 e. The van der Waals surface area contributed by atoms with E-state index in [9.17, 15) is 0 Å². The Bertz CT molecular complexity index is 429. The van der Waals surface area contributed by atoms with Crippen molar-refractivity contribution in [2.24, 2.45) is 5.92 Å². The zero-order valence-corrected chi connectivity index (χ0v) is 14.2. The number of rotatable bonds is 7. The highest BCUT2D eigenvalue weighted by molar-refractivity contribution is 6.31. The standard InChI is InChI=1S/C16H28ClN3O/c1-4-18-14(15-13(17)11-19-20(15)5-2)16(21-3)12-9-7-6-8-10-12/h11-12,14,16,18H,4-10H2,1-3H3. The van der Waals surface area contributed by atoms with Crippen molar-refractivity contribution >= 4 is 11.6 Å². The maximum atomic E-state index is 6.42. The van der Waals surface area contributed by atoms with Gasteiger partial charge in [0.1, 0.15) is 0 Å². The summed E-state index contributed by atoms with van der Waals surface area (Å²) in [7, 11) is 1.82. The summed E-state index contributed by atoms with van der Waals surface area (Å²) in [4.78, 5) is 0. The van der Waals surface area contributed by atoms with Crippen LogP contribution in [0.1, 0.15) is 57.7 Å². The summed E-state index contributed by atoms with van der Waals surface area (Å²) in [5, 5.41) is 8.70. The molecule has 2 atom stereocenters. The number of likely N-dealkylation sites (N-methyl/N-ethyl adjacent to an activating group) is 1. The van der Waals surface area contributed by atoms with E-state index in [0.29, 0.717) is 5.92 Å². The molecular weight excluding hydrogens is 286 g/mol. The fraction of sp³-hybridized carbons (Fsp3) is 0.812. The van der Waals surface area contributed by atoms with E-state index < -0.39 is 0 Å². The van der Waals surface area contributed by atoms with Gasteiger partial charge in [0, 0.05) is 13.7 Å². The summed E-state index contributed by atoms with van der Waals surface area (Å²) >= 11 is 6.42. The van der Waals surface area contributed by atoms with Crippen molar-refractivity contribution in [2.75, 3.05) is 13.7 Å². The SMILES string of the molecule is CCNC(c1c(Cl)cnn1CC)C(OC)C1CCCCC1. The average molecular weight is 314 g/mol. The van der Waals surface area contributed by atoms with Crippen molar-refractivity contribution in [2.45, 2.75) is 64.6 Å². The molecule has 1 heterocycles. The summed E-state index contributed by atoms with van der Waals surface area (Å²) < 4.78 is 7.91. The van der Waals surface area contributed by atoms with Gasteiger partial charge in [0.05, 0.1) is 29.1 Å². The molecule has 0 saturated heterocycles. The molecule has 4 nitrogen and oxygen atoms in total. The van der Waals surface area contributed by atoms with Gasteiger partial charge in [-0.2, -0.15) is 5.10 Å². The quantitative estimate of drug-likeness (QED) is 0.832. The third-order valence-corrected chi connectivity index (χ3v) is 4.86. The summed E-state index contributed by atoms with van der Waals surface area (Å²) in [5.41, 5.74) is 1.07. The number of aromatic nitrogens is 2. The number of ether oxygens (including phenoxy) is 1. The molecule has 1 saturated carbocycles. The minimum absolute atomic E-state index is 0.109. The first-order valence-electron chi connectivity index (χ1n) is 8.20. The highest BCUT2D eigenvalue weighted by Gasteiger charge is 2.34. The van der Waals surface area contributed by atoms with Gasteiger partial charge in [0.25, 0.3) is 0 Å². The van der Waals surface area contributed by atoms with Crippen LogP contribution in [0.25, 0.3) is 0 Å². The highest BCUT2D eigenvalue weighted by Crippen LogP contribution is 2.36. The first kappa shape index (κ1) is 16.8. The Balaban J connectivity index is 2.28. The Hall–Kier alpha value is -0.580. The fourth-order valence-corrected chi connectivity index (χ4v) is 3.84. The molecule has 0 radical (unpaired) electrons. The number of hydrogen-bond acceptors (Lipinski definition) is 3. The summed E-state index contributed by atoms with van der Waals surface area (Å²) in [6.07, 6.45) is 8.38. The van der Waals surface area contributed by atoms with E-state index in [1.54, 1.807) is 6.20 Å². The third kappa shape index (κ3) is 3.79. The van der Waals surface area contributed by atoms with E-state index in [2.05, 4.69) is 24.3 Å². The van der Waals surface area contributed by atoms with E-state index in [-0.39, 0.29) is 12.1 Å². The number of nitrogens with zero attached hydrogens (tertiary/aromatic N) is 2. The molecular formula is C16H28ClN3O. The maximum Gasteiger partial charge on any atom is 0.0835 e. The number of nitrogens with one attached hydrogen (secondary N) is 1. The zero-order valence-electron chi connectivity index (χ0n) is 13.4. The predicted octanol–water partition coefficient (Wildman–Crippen LogP) is 3.80. The van der Waals surface area contributed by atoms with Crippen LogP contribution in [0.3, 0.4) is 0 Å². The second-order valence-corrected chi connectivity index (χ2v) is 6.23. The molecule has 1 aromatic heterocycles. The van der Waals surface area contributed by atoms with Gasteiger partial charge < -0.3 is 10.1 Å². The maximum absolute atomic E-state index is 6.42. The predicted molar refractivity (Wildman–Crippen MR) is 86.7 cm³/mol. The molecule has 0 aliphatic heterocycles. The van der Waals surface area contributed by atoms with Crippen molar-refractivity contribution in [3.63, 3.8) is 0 Å². The van der Waals surface area contributed by atoms with Crippen LogP contribution >= 0.6 is 11.6 Å². The molecule has 21 heavy (non-hydrogen) atoms. The van der Waals surface area contributed by atoms with Crippen molar-refractivity contribution in [3.05, 3.63) is 16.9 Å². The summed E-state index contributed by atoms with van der Waals surface area (Å²) in [6.45, 7) is 5.94. The number of hydrogen-bond donors (Lipinski definition) is 1. The van der Waals surface area contributed by atoms with Gasteiger partial charge in [-0.05, 0) is 32.2 Å². The molecule has 1 fully saturated rings. The Labute approximate surface area is 133 Å². The minimum Gasteiger partial charge on any atom is -0.379 e. The number of methoxy groups -OCH3 is 1. The van der Waals surface area contributed by atoms with Crippen LogP contribution in [0.2, 0.25) is 5.02 Å². The molecule has 1 aromatic rings. The van der Waals surface area contributed by atoms with Crippen molar-refractivity contribution in [1.29, 1.82) is 0 Å². The Morgan fingerprint density at radius 2 is 2.10 bits per heavy atom. The van der Waals surface area contributed by atoms with Gasteiger partial charge in [-0.25, -0.2) is 0 Å². The lowest BCUT2D eigenvalue weighted by Crippen LogP contribution is -2.40. The van der Waals surface area contributed by atoms with E-state index in [1.807, 2.05) is 11.8 Å². The molecule has 0 bridgehead atoms. The van der Waals surface area contributed by atoms with Crippen LogP contribution in [0.5, 0.6) is 0 Å². The Morgan fingerprint density at radius 3 is 2.67 bits per heavy atom. The van der Waals surface area contributed by atoms with Crippen molar-refractivity contribution in [1.82, 2.24) is 15.1 Å². The van der Waals surface area contributed by atoms with Crippen LogP contribution < -0.4 is 5.32 Å². The molecule has 1 aliphatic rings. The van der Waals surface area contributed by atoms with Crippen LogP contribution in [0.15, 0.2) is 6.20 Å². The second-order valence-electron chi connectivity index (χ2n) is 5.83. The molecule has 0 spiro atoms. The molecule has 0 amide bonds. The first-order chi connectivity index (χ1) is 10.2. The van der Waals surface area contributed by atoms with Gasteiger partial charge >= 0.3 is 0 Å². The smallest absolute Gasteiger partial charge is 0.0835 e. The third-order valence-electron chi connectivity index (χ3n) is 4.57. The van der Waals surface area contributed by atoms with Gasteiger partial charge in [0.2, 0.25) is 0 Å². The van der Waals surface area contributed by atoms with E-state index in [4.69, 9.17) is 16.3 Å². The van der Waals surface area contributed by atoms with E-state index >= 15 is 0 Å². The van der Waals surface area contributed by atoms with Crippen LogP contribution in [0, 0.1) is 5.92 Å². The Morgan fingerprint density at radius 1 is 1.38 bits per heavy atom. The fourth-order valence-electron chi connectivity index (χ4n) is 3.58. The normalized spacial score (nSPS) is 19.6. The molecule has 5 heteroatoms. The van der Waals surface area contributed by atoms with Gasteiger partial charge in [-0.15, -0.1) is 0 Å². The summed E-state index contributed by atoms with van der Waals surface area (Å²) in [6, 6.07) is 0.109. The Kier molecular flexibility index (Phi) is 6.52.